The van der Waals surface area contributed by atoms with Gasteiger partial charge in [0.25, 0.3) is 8.32 Å². The number of carbonyl (C=O) groups excluding carboxylic acids is 1. The fourth-order valence-electron chi connectivity index (χ4n) is 6.04. The van der Waals surface area contributed by atoms with Crippen molar-refractivity contribution in [2.24, 2.45) is 0 Å². The molecule has 0 bridgehead atoms. The van der Waals surface area contributed by atoms with E-state index in [2.05, 4.69) is 75.9 Å². The van der Waals surface area contributed by atoms with Crippen LogP contribution in [0.15, 0.2) is 134 Å². The third-order valence-corrected chi connectivity index (χ3v) is 13.2. The minimum Gasteiger partial charge on any atom is -0.441 e. The number of ether oxygens (including phenoxy) is 2. The van der Waals surface area contributed by atoms with Gasteiger partial charge in [-0.05, 0) is 26.5 Å². The van der Waals surface area contributed by atoms with Gasteiger partial charge in [0.05, 0.1) is 19.3 Å². The second-order valence-electron chi connectivity index (χ2n) is 12.0. The van der Waals surface area contributed by atoms with Gasteiger partial charge in [-0.25, -0.2) is 4.79 Å². The highest BCUT2D eigenvalue weighted by Crippen LogP contribution is 2.37. The summed E-state index contributed by atoms with van der Waals surface area (Å²) < 4.78 is 20.0. The van der Waals surface area contributed by atoms with E-state index in [0.29, 0.717) is 13.2 Å². The molecule has 6 heteroatoms. The lowest BCUT2D eigenvalue weighted by Crippen LogP contribution is -2.67. The standard InChI is InChI=1S/C37H41NO4Si/c1-5-33-35(42-36(39)38(33)26-29-18-10-6-11-19-29)34(40-27-30-20-12-7-13-21-30)28-41-43(37(2,3)4,31-22-14-8-15-23-31)32-24-16-9-17-25-32/h5-25,33-35H,1,26-28H2,2-4H3/t33-,34+,35+/m0/s1. The molecule has 5 nitrogen and oxygen atoms in total. The topological polar surface area (TPSA) is 48.0 Å². The molecule has 0 radical (unpaired) electrons. The van der Waals surface area contributed by atoms with Crippen LogP contribution in [-0.4, -0.2) is 44.2 Å². The van der Waals surface area contributed by atoms with Crippen molar-refractivity contribution in [1.29, 1.82) is 0 Å². The maximum Gasteiger partial charge on any atom is 0.411 e. The van der Waals surface area contributed by atoms with Crippen LogP contribution >= 0.6 is 0 Å². The number of rotatable bonds is 12. The molecule has 1 aliphatic heterocycles. The van der Waals surface area contributed by atoms with Crippen molar-refractivity contribution in [2.45, 2.75) is 57.2 Å². The van der Waals surface area contributed by atoms with Crippen molar-refractivity contribution >= 4 is 24.8 Å². The zero-order chi connectivity index (χ0) is 30.3. The first-order chi connectivity index (χ1) is 20.8. The number of nitrogens with zero attached hydrogens (tertiary/aromatic N) is 1. The Bertz CT molecular complexity index is 1420. The Labute approximate surface area is 256 Å². The maximum absolute atomic E-state index is 13.3. The van der Waals surface area contributed by atoms with Crippen LogP contribution in [0, 0.1) is 0 Å². The summed E-state index contributed by atoms with van der Waals surface area (Å²) in [6.45, 7) is 11.9. The fraction of sp³-hybridized carbons (Fsp3) is 0.270. The number of carbonyl (C=O) groups is 1. The van der Waals surface area contributed by atoms with Gasteiger partial charge < -0.3 is 13.9 Å². The van der Waals surface area contributed by atoms with E-state index in [1.807, 2.05) is 72.8 Å². The second-order valence-corrected chi connectivity index (χ2v) is 16.3. The lowest BCUT2D eigenvalue weighted by Gasteiger charge is -2.44. The number of cyclic esters (lactones) is 1. The molecule has 0 aliphatic carbocycles. The van der Waals surface area contributed by atoms with Gasteiger partial charge in [0.2, 0.25) is 0 Å². The maximum atomic E-state index is 13.3. The largest absolute Gasteiger partial charge is 0.441 e. The summed E-state index contributed by atoms with van der Waals surface area (Å²) in [6, 6.07) is 40.7. The van der Waals surface area contributed by atoms with Crippen LogP contribution in [0.3, 0.4) is 0 Å². The van der Waals surface area contributed by atoms with Crippen molar-refractivity contribution in [2.75, 3.05) is 6.61 Å². The fourth-order valence-corrected chi connectivity index (χ4v) is 10.6. The van der Waals surface area contributed by atoms with Crippen LogP contribution < -0.4 is 10.4 Å². The van der Waals surface area contributed by atoms with Gasteiger partial charge in [0.15, 0.2) is 6.10 Å². The van der Waals surface area contributed by atoms with Gasteiger partial charge >= 0.3 is 6.09 Å². The molecule has 3 atom stereocenters. The normalized spacial score (nSPS) is 17.8. The van der Waals surface area contributed by atoms with Crippen LogP contribution in [0.4, 0.5) is 4.79 Å². The van der Waals surface area contributed by atoms with Crippen LogP contribution in [0.5, 0.6) is 0 Å². The van der Waals surface area contributed by atoms with E-state index in [-0.39, 0.29) is 23.8 Å². The average Bonchev–Trinajstić information content (AvgIpc) is 3.34. The third-order valence-electron chi connectivity index (χ3n) is 8.16. The van der Waals surface area contributed by atoms with Crippen LogP contribution in [0.25, 0.3) is 0 Å². The molecule has 5 rings (SSSR count). The first-order valence-corrected chi connectivity index (χ1v) is 16.8. The molecule has 222 valence electrons. The van der Waals surface area contributed by atoms with Gasteiger partial charge in [0, 0.05) is 6.54 Å². The summed E-state index contributed by atoms with van der Waals surface area (Å²) >= 11 is 0. The van der Waals surface area contributed by atoms with Crippen LogP contribution in [-0.2, 0) is 27.1 Å². The van der Waals surface area contributed by atoms with Crippen LogP contribution in [0.1, 0.15) is 31.9 Å². The van der Waals surface area contributed by atoms with Gasteiger partial charge in [-0.3, -0.25) is 4.90 Å². The van der Waals surface area contributed by atoms with Crippen molar-refractivity contribution in [1.82, 2.24) is 4.90 Å². The average molecular weight is 592 g/mol. The van der Waals surface area contributed by atoms with Crippen molar-refractivity contribution in [3.63, 3.8) is 0 Å². The Morgan fingerprint density at radius 1 is 0.814 bits per heavy atom. The molecule has 0 spiro atoms. The van der Waals surface area contributed by atoms with Gasteiger partial charge in [-0.15, -0.1) is 6.58 Å². The SMILES string of the molecule is C=C[C@H]1[C@H]([C@@H](CO[Si](c2ccccc2)(c2ccccc2)C(C)(C)C)OCc2ccccc2)OC(=O)N1Cc1ccccc1. The first-order valence-electron chi connectivity index (χ1n) is 14.9. The monoisotopic (exact) mass is 591 g/mol. The molecule has 1 heterocycles. The summed E-state index contributed by atoms with van der Waals surface area (Å²) in [5.41, 5.74) is 2.07. The molecule has 4 aromatic carbocycles. The Morgan fingerprint density at radius 2 is 1.30 bits per heavy atom. The van der Waals surface area contributed by atoms with Gasteiger partial charge in [-0.1, -0.05) is 148 Å². The van der Waals surface area contributed by atoms with Gasteiger partial charge in [-0.2, -0.15) is 0 Å². The lowest BCUT2D eigenvalue weighted by molar-refractivity contribution is -0.0623. The molecule has 1 saturated heterocycles. The zero-order valence-corrected chi connectivity index (χ0v) is 26.3. The molecule has 1 aliphatic rings. The molecule has 0 N–H and O–H groups in total. The van der Waals surface area contributed by atoms with Crippen molar-refractivity contribution in [3.05, 3.63) is 145 Å². The molecule has 0 saturated carbocycles. The number of benzene rings is 4. The Morgan fingerprint density at radius 3 is 1.79 bits per heavy atom. The second kappa shape index (κ2) is 13.6. The molecule has 0 unspecified atom stereocenters. The van der Waals surface area contributed by atoms with Crippen molar-refractivity contribution in [3.8, 4) is 0 Å². The van der Waals surface area contributed by atoms with Crippen molar-refractivity contribution < 1.29 is 18.7 Å². The van der Waals surface area contributed by atoms with E-state index in [0.717, 1.165) is 11.1 Å². The smallest absolute Gasteiger partial charge is 0.411 e. The highest BCUT2D eigenvalue weighted by Gasteiger charge is 2.52. The van der Waals surface area contributed by atoms with Crippen LogP contribution in [0.2, 0.25) is 5.04 Å². The number of hydrogen-bond acceptors (Lipinski definition) is 4. The summed E-state index contributed by atoms with van der Waals surface area (Å²) in [4.78, 5) is 15.0. The van der Waals surface area contributed by atoms with E-state index < -0.39 is 20.5 Å². The summed E-state index contributed by atoms with van der Waals surface area (Å²) in [5.74, 6) is 0. The number of amides is 1. The molecule has 43 heavy (non-hydrogen) atoms. The van der Waals surface area contributed by atoms with E-state index in [1.165, 1.54) is 10.4 Å². The summed E-state index contributed by atoms with van der Waals surface area (Å²) in [7, 11) is -2.86. The van der Waals surface area contributed by atoms with E-state index in [9.17, 15) is 4.79 Å². The van der Waals surface area contributed by atoms with E-state index >= 15 is 0 Å². The molecular weight excluding hydrogens is 550 g/mol. The number of hydrogen-bond donors (Lipinski definition) is 0. The summed E-state index contributed by atoms with van der Waals surface area (Å²) in [5, 5.41) is 2.17. The van der Waals surface area contributed by atoms with E-state index in [1.54, 1.807) is 11.0 Å². The molecule has 4 aromatic rings. The summed E-state index contributed by atoms with van der Waals surface area (Å²) in [6.07, 6.45) is 0.294. The predicted octanol–water partition coefficient (Wildman–Crippen LogP) is 6.72. The predicted molar refractivity (Wildman–Crippen MR) is 175 cm³/mol. The lowest BCUT2D eigenvalue weighted by atomic mass is 10.0. The highest BCUT2D eigenvalue weighted by atomic mass is 28.4. The Kier molecular flexibility index (Phi) is 9.61. The Hall–Kier alpha value is -3.97. The quantitative estimate of drug-likeness (QED) is 0.136. The molecule has 1 amide bonds. The molecule has 0 aromatic heterocycles. The molecular formula is C37H41NO4Si. The third kappa shape index (κ3) is 6.67. The molecule has 1 fully saturated rings. The first kappa shape index (κ1) is 30.5. The van der Waals surface area contributed by atoms with Gasteiger partial charge in [0.1, 0.15) is 6.10 Å². The zero-order valence-electron chi connectivity index (χ0n) is 25.3. The highest BCUT2D eigenvalue weighted by molar-refractivity contribution is 6.99. The minimum atomic E-state index is -2.86. The van der Waals surface area contributed by atoms with E-state index in [4.69, 9.17) is 13.9 Å². The Balaban J connectivity index is 1.50. The minimum absolute atomic E-state index is 0.205.